The van der Waals surface area contributed by atoms with Crippen LogP contribution in [0.25, 0.3) is 0 Å². The van der Waals surface area contributed by atoms with Crippen LogP contribution in [0.4, 0.5) is 0 Å². The maximum absolute atomic E-state index is 14.0. The van der Waals surface area contributed by atoms with Crippen LogP contribution in [0.3, 0.4) is 0 Å². The van der Waals surface area contributed by atoms with E-state index in [2.05, 4.69) is 75.6 Å². The number of hydrogen-bond acceptors (Lipinski definition) is 8. The van der Waals surface area contributed by atoms with Crippen molar-refractivity contribution in [2.75, 3.05) is 37.7 Å². The van der Waals surface area contributed by atoms with Gasteiger partial charge in [-0.3, -0.25) is 33.2 Å². The number of amides is 2. The van der Waals surface area contributed by atoms with Crippen LogP contribution in [-0.2, 0) is 42.8 Å². The summed E-state index contributed by atoms with van der Waals surface area (Å²) in [4.78, 5) is 65.8. The van der Waals surface area contributed by atoms with Gasteiger partial charge in [0.15, 0.2) is 11.6 Å². The predicted octanol–water partition coefficient (Wildman–Crippen LogP) is 13.0. The normalized spacial score (nSPS) is 23.5. The number of hydrogen-bond donors (Lipinski definition) is 0. The Morgan fingerprint density at radius 1 is 0.613 bits per heavy atom. The molecule has 406 valence electrons. The van der Waals surface area contributed by atoms with Crippen LogP contribution in [0.2, 0.25) is 20.1 Å². The lowest BCUT2D eigenvalue weighted by Gasteiger charge is -2.33. The van der Waals surface area contributed by atoms with Crippen LogP contribution in [-0.4, -0.2) is 121 Å². The Hall–Kier alpha value is -3.26. The molecule has 0 radical (unpaired) electrons. The zero-order chi connectivity index (χ0) is 53.9. The second-order valence-corrected chi connectivity index (χ2v) is 26.4. The molecule has 4 aromatic carbocycles. The minimum Gasteiger partial charge on any atom is -0.331 e. The number of aryl methyl sites for hydroxylation is 2. The van der Waals surface area contributed by atoms with Crippen molar-refractivity contribution in [2.45, 2.75) is 152 Å². The van der Waals surface area contributed by atoms with Crippen molar-refractivity contribution in [2.24, 2.45) is 23.7 Å². The number of thioether (sulfide) groups is 1. The van der Waals surface area contributed by atoms with E-state index in [1.54, 1.807) is 18.2 Å². The summed E-state index contributed by atoms with van der Waals surface area (Å²) < 4.78 is 13.2. The average Bonchev–Trinajstić information content (AvgIpc) is 3.92. The van der Waals surface area contributed by atoms with Crippen LogP contribution < -0.4 is 0 Å². The first-order valence-corrected chi connectivity index (χ1v) is 30.8. The van der Waals surface area contributed by atoms with Gasteiger partial charge in [0.05, 0.1) is 55.1 Å². The highest BCUT2D eigenvalue weighted by Crippen LogP contribution is 2.36. The molecule has 8 rings (SSSR count). The fraction of sp³-hybridized carbons (Fsp3) is 0.533. The zero-order valence-electron chi connectivity index (χ0n) is 44.5. The molecule has 0 saturated carbocycles. The van der Waals surface area contributed by atoms with Crippen molar-refractivity contribution in [1.29, 1.82) is 0 Å². The highest BCUT2D eigenvalue weighted by atomic mass is 35.5. The molecule has 15 heteroatoms. The van der Waals surface area contributed by atoms with Crippen molar-refractivity contribution in [1.82, 2.24) is 19.6 Å². The van der Waals surface area contributed by atoms with Gasteiger partial charge in [-0.1, -0.05) is 136 Å². The first kappa shape index (κ1) is 59.4. The summed E-state index contributed by atoms with van der Waals surface area (Å²) in [5.41, 5.74) is 1.94. The second-order valence-electron chi connectivity index (χ2n) is 22.2. The Balaban J connectivity index is 0.000000219. The summed E-state index contributed by atoms with van der Waals surface area (Å²) in [5, 5.41) is 1.99. The summed E-state index contributed by atoms with van der Waals surface area (Å²) in [6.07, 6.45) is 6.44. The standard InChI is InChI=1S/C30H38Cl2N2O3S.C30H38Cl2N2O2S/c1-20(2)15-27(29(35)12-10-22-9-11-25(31)26(32)17-22)33-14-13-23(19-38(37)24-7-5-4-6-8-24)34-18-21(3)16-28(34)30(33)36;1-20(2)15-27(29(35)12-10-22-9-11-25(31)26(32)17-22)33-14-13-23(19-37-24-7-5-4-6-8-24)34-18-21(3)16-28(34)30(33)36/h4-9,11,17,20-21,23,27-28H,10,12-16,18-19H2,1-3H3;4-9,11,17,20-21,23,27-28H,10,12-16,18-19H2,1-3H3/t21-,23?,27-,28+,38?;21-,23?,27-,28+/m11/s1. The Labute approximate surface area is 473 Å². The smallest absolute Gasteiger partial charge is 0.240 e. The highest BCUT2D eigenvalue weighted by Gasteiger charge is 2.47. The van der Waals surface area contributed by atoms with Crippen LogP contribution in [0.1, 0.15) is 104 Å². The molecular formula is C60H76Cl4N4O5S2. The van der Waals surface area contributed by atoms with Crippen molar-refractivity contribution in [3.63, 3.8) is 0 Å². The van der Waals surface area contributed by atoms with E-state index in [9.17, 15) is 23.4 Å². The van der Waals surface area contributed by atoms with E-state index in [1.165, 1.54) is 4.90 Å². The minimum absolute atomic E-state index is 0.0333. The lowest BCUT2D eigenvalue weighted by atomic mass is 9.94. The van der Waals surface area contributed by atoms with E-state index < -0.39 is 16.8 Å². The number of nitrogens with zero attached hydrogens (tertiary/aromatic N) is 4. The predicted molar refractivity (Wildman–Crippen MR) is 310 cm³/mol. The van der Waals surface area contributed by atoms with Crippen LogP contribution in [0.15, 0.2) is 107 Å². The molecular weight excluding hydrogens is 1060 g/mol. The molecule has 75 heavy (non-hydrogen) atoms. The van der Waals surface area contributed by atoms with Crippen LogP contribution in [0, 0.1) is 23.7 Å². The second kappa shape index (κ2) is 28.1. The Bertz CT molecular complexity index is 2590. The number of carbonyl (C=O) groups excluding carboxylic acids is 4. The van der Waals surface area contributed by atoms with Gasteiger partial charge >= 0.3 is 0 Å². The number of rotatable bonds is 20. The van der Waals surface area contributed by atoms with E-state index in [4.69, 9.17) is 46.4 Å². The van der Waals surface area contributed by atoms with E-state index >= 15 is 0 Å². The molecule has 0 aromatic heterocycles. The van der Waals surface area contributed by atoms with Crippen molar-refractivity contribution < 1.29 is 23.4 Å². The van der Waals surface area contributed by atoms with E-state index in [0.717, 1.165) is 54.1 Å². The quantitative estimate of drug-likeness (QED) is 0.0807. The van der Waals surface area contributed by atoms with Crippen LogP contribution >= 0.6 is 58.2 Å². The molecule has 4 heterocycles. The number of fused-ring (bicyclic) bond motifs is 2. The van der Waals surface area contributed by atoms with Crippen molar-refractivity contribution >= 4 is 92.3 Å². The Morgan fingerprint density at radius 2 is 1.05 bits per heavy atom. The molecule has 4 fully saturated rings. The highest BCUT2D eigenvalue weighted by molar-refractivity contribution is 7.99. The van der Waals surface area contributed by atoms with Gasteiger partial charge in [0.25, 0.3) is 0 Å². The molecule has 9 nitrogen and oxygen atoms in total. The maximum atomic E-state index is 14.0. The summed E-state index contributed by atoms with van der Waals surface area (Å²) in [6.45, 7) is 15.8. The molecule has 4 aromatic rings. The third-order valence-electron chi connectivity index (χ3n) is 15.3. The monoisotopic (exact) mass is 1140 g/mol. The van der Waals surface area contributed by atoms with Crippen molar-refractivity contribution in [3.8, 4) is 0 Å². The molecule has 4 saturated heterocycles. The average molecular weight is 1140 g/mol. The number of halogens is 4. The molecule has 4 aliphatic rings. The molecule has 9 atom stereocenters. The fourth-order valence-corrected chi connectivity index (χ4v) is 14.6. The van der Waals surface area contributed by atoms with E-state index in [1.807, 2.05) is 76.2 Å². The van der Waals surface area contributed by atoms with E-state index in [0.29, 0.717) is 108 Å². The SMILES string of the molecule is CC(C)C[C@H](C(=O)CCc1ccc(Cl)c(Cl)c1)N1CCC(CS(=O)c2ccccc2)N2C[C@H](C)C[C@H]2C1=O.CC(C)C[C@H](C(=O)CCc1ccc(Cl)c(Cl)c1)N1CCC(CSc2ccccc2)N2C[C@H](C)C[C@H]2C1=O. The third kappa shape index (κ3) is 16.2. The molecule has 0 spiro atoms. The molecule has 0 bridgehead atoms. The number of benzene rings is 4. The third-order valence-corrected chi connectivity index (χ3v) is 19.4. The Kier molecular flexibility index (Phi) is 22.2. The zero-order valence-corrected chi connectivity index (χ0v) is 49.1. The lowest BCUT2D eigenvalue weighted by Crippen LogP contribution is -2.51. The number of carbonyl (C=O) groups is 4. The fourth-order valence-electron chi connectivity index (χ4n) is 11.5. The number of ketones is 2. The summed E-state index contributed by atoms with van der Waals surface area (Å²) in [7, 11) is -1.15. The first-order valence-electron chi connectivity index (χ1n) is 27.0. The van der Waals surface area contributed by atoms with Crippen LogP contribution in [0.5, 0.6) is 0 Å². The van der Waals surface area contributed by atoms with Crippen molar-refractivity contribution in [3.05, 3.63) is 128 Å². The molecule has 3 unspecified atom stereocenters. The van der Waals surface area contributed by atoms with Gasteiger partial charge in [0.1, 0.15) is 0 Å². The Morgan fingerprint density at radius 3 is 1.51 bits per heavy atom. The number of Topliss-reactive ketones (excluding diaryl/α,β-unsaturated/α-hetero) is 2. The van der Waals surface area contributed by atoms with Gasteiger partial charge in [-0.15, -0.1) is 11.8 Å². The first-order chi connectivity index (χ1) is 35.9. The summed E-state index contributed by atoms with van der Waals surface area (Å²) in [6, 6.07) is 30.1. The van der Waals surface area contributed by atoms with Gasteiger partial charge in [0, 0.05) is 72.4 Å². The van der Waals surface area contributed by atoms with Gasteiger partial charge in [-0.05, 0) is 135 Å². The van der Waals surface area contributed by atoms with Gasteiger partial charge in [-0.25, -0.2) is 0 Å². The topological polar surface area (TPSA) is 98.3 Å². The molecule has 0 aliphatic carbocycles. The van der Waals surface area contributed by atoms with Gasteiger partial charge < -0.3 is 9.80 Å². The molecule has 0 N–H and O–H groups in total. The molecule has 2 amide bonds. The maximum Gasteiger partial charge on any atom is 0.240 e. The summed E-state index contributed by atoms with van der Waals surface area (Å²) >= 11 is 26.3. The minimum atomic E-state index is -1.15. The molecule has 4 aliphatic heterocycles. The van der Waals surface area contributed by atoms with E-state index in [-0.39, 0.29) is 53.5 Å². The summed E-state index contributed by atoms with van der Waals surface area (Å²) in [5.74, 6) is 3.31. The largest absolute Gasteiger partial charge is 0.331 e. The van der Waals surface area contributed by atoms with Gasteiger partial charge in [0.2, 0.25) is 11.8 Å². The lowest BCUT2D eigenvalue weighted by molar-refractivity contribution is -0.142. The van der Waals surface area contributed by atoms with Gasteiger partial charge in [-0.2, -0.15) is 0 Å².